The Balaban J connectivity index is 1.55. The SMILES string of the molecule is COc1ccccc1S(=O)(=O)NCC1CCN(C(=O)c2snnc2C)CC1. The fraction of sp³-hybridized carbons (Fsp3) is 0.471. The molecule has 8 nitrogen and oxygen atoms in total. The molecule has 3 rings (SSSR count). The molecule has 2 aromatic rings. The predicted molar refractivity (Wildman–Crippen MR) is 101 cm³/mol. The number of sulfonamides is 1. The van der Waals surface area contributed by atoms with E-state index < -0.39 is 10.0 Å². The van der Waals surface area contributed by atoms with E-state index >= 15 is 0 Å². The van der Waals surface area contributed by atoms with Crippen LogP contribution in [0.1, 0.15) is 28.2 Å². The van der Waals surface area contributed by atoms with Crippen molar-refractivity contribution in [1.82, 2.24) is 19.2 Å². The van der Waals surface area contributed by atoms with Crippen molar-refractivity contribution < 1.29 is 17.9 Å². The van der Waals surface area contributed by atoms with Gasteiger partial charge >= 0.3 is 0 Å². The van der Waals surface area contributed by atoms with Gasteiger partial charge < -0.3 is 9.64 Å². The Morgan fingerprint density at radius 1 is 1.33 bits per heavy atom. The third-order valence-electron chi connectivity index (χ3n) is 4.67. The molecule has 0 bridgehead atoms. The molecule has 2 heterocycles. The van der Waals surface area contributed by atoms with Gasteiger partial charge in [-0.15, -0.1) is 5.10 Å². The first kappa shape index (κ1) is 19.7. The average molecular weight is 411 g/mol. The molecule has 0 spiro atoms. The molecule has 1 aromatic carbocycles. The first-order valence-corrected chi connectivity index (χ1v) is 10.9. The van der Waals surface area contributed by atoms with Crippen molar-refractivity contribution in [3.05, 3.63) is 34.8 Å². The van der Waals surface area contributed by atoms with Crippen molar-refractivity contribution in [1.29, 1.82) is 0 Å². The second-order valence-corrected chi connectivity index (χ2v) is 8.92. The van der Waals surface area contributed by atoms with Crippen molar-refractivity contribution >= 4 is 27.5 Å². The monoisotopic (exact) mass is 410 g/mol. The number of benzene rings is 1. The van der Waals surface area contributed by atoms with Crippen LogP contribution in [0.5, 0.6) is 5.75 Å². The molecule has 1 aliphatic heterocycles. The number of hydrogen-bond donors (Lipinski definition) is 1. The van der Waals surface area contributed by atoms with Gasteiger partial charge in [0.1, 0.15) is 15.5 Å². The van der Waals surface area contributed by atoms with Gasteiger partial charge in [-0.2, -0.15) is 0 Å². The van der Waals surface area contributed by atoms with E-state index in [0.717, 1.165) is 24.4 Å². The van der Waals surface area contributed by atoms with Crippen LogP contribution in [0.2, 0.25) is 0 Å². The maximum Gasteiger partial charge on any atom is 0.267 e. The third-order valence-corrected chi connectivity index (χ3v) is 6.95. The minimum absolute atomic E-state index is 0.0458. The summed E-state index contributed by atoms with van der Waals surface area (Å²) in [4.78, 5) is 15.0. The molecule has 1 fully saturated rings. The second-order valence-electron chi connectivity index (χ2n) is 6.43. The number of aromatic nitrogens is 2. The molecule has 0 unspecified atom stereocenters. The van der Waals surface area contributed by atoms with Crippen molar-refractivity contribution in [3.63, 3.8) is 0 Å². The highest BCUT2D eigenvalue weighted by Crippen LogP contribution is 2.24. The van der Waals surface area contributed by atoms with E-state index in [2.05, 4.69) is 14.3 Å². The maximum absolute atomic E-state index is 12.6. The summed E-state index contributed by atoms with van der Waals surface area (Å²) >= 11 is 1.11. The zero-order valence-electron chi connectivity index (χ0n) is 15.2. The number of methoxy groups -OCH3 is 1. The van der Waals surface area contributed by atoms with E-state index in [1.165, 1.54) is 13.2 Å². The van der Waals surface area contributed by atoms with Crippen LogP contribution < -0.4 is 9.46 Å². The summed E-state index contributed by atoms with van der Waals surface area (Å²) in [6, 6.07) is 6.53. The van der Waals surface area contributed by atoms with Gasteiger partial charge in [-0.1, -0.05) is 16.6 Å². The number of carbonyl (C=O) groups excluding carboxylic acids is 1. The molecule has 0 aliphatic carbocycles. The number of para-hydroxylation sites is 1. The lowest BCUT2D eigenvalue weighted by molar-refractivity contribution is 0.0696. The van der Waals surface area contributed by atoms with Crippen molar-refractivity contribution in [2.75, 3.05) is 26.7 Å². The van der Waals surface area contributed by atoms with Gasteiger partial charge in [0.2, 0.25) is 10.0 Å². The standard InChI is InChI=1S/C17H22N4O4S2/c1-12-16(26-20-19-12)17(22)21-9-7-13(8-10-21)11-18-27(23,24)15-6-4-3-5-14(15)25-2/h3-6,13,18H,7-11H2,1-2H3. The largest absolute Gasteiger partial charge is 0.495 e. The van der Waals surface area contributed by atoms with Gasteiger partial charge in [-0.3, -0.25) is 4.79 Å². The van der Waals surface area contributed by atoms with Crippen molar-refractivity contribution in [2.24, 2.45) is 5.92 Å². The fourth-order valence-corrected chi connectivity index (χ4v) is 4.97. The van der Waals surface area contributed by atoms with Crippen LogP contribution in [0.25, 0.3) is 0 Å². The van der Waals surface area contributed by atoms with Crippen LogP contribution in [0.15, 0.2) is 29.2 Å². The minimum atomic E-state index is -3.64. The quantitative estimate of drug-likeness (QED) is 0.778. The van der Waals surface area contributed by atoms with Crippen molar-refractivity contribution in [2.45, 2.75) is 24.7 Å². The third kappa shape index (κ3) is 4.45. The zero-order chi connectivity index (χ0) is 19.4. The van der Waals surface area contributed by atoms with Gasteiger partial charge in [0.05, 0.1) is 12.8 Å². The number of ether oxygens (including phenoxy) is 1. The maximum atomic E-state index is 12.6. The Bertz CT molecular complexity index is 905. The topological polar surface area (TPSA) is 101 Å². The summed E-state index contributed by atoms with van der Waals surface area (Å²) in [6.45, 7) is 3.30. The molecule has 1 aromatic heterocycles. The number of carbonyl (C=O) groups is 1. The van der Waals surface area contributed by atoms with Crippen LogP contribution in [0.4, 0.5) is 0 Å². The number of rotatable bonds is 6. The number of hydrogen-bond acceptors (Lipinski definition) is 7. The molecule has 1 aliphatic rings. The summed E-state index contributed by atoms with van der Waals surface area (Å²) in [5.74, 6) is 0.453. The Hall–Kier alpha value is -2.04. The summed E-state index contributed by atoms with van der Waals surface area (Å²) < 4.78 is 36.7. The lowest BCUT2D eigenvalue weighted by atomic mass is 9.97. The first-order valence-electron chi connectivity index (χ1n) is 8.63. The number of amides is 1. The molecule has 0 radical (unpaired) electrons. The lowest BCUT2D eigenvalue weighted by Crippen LogP contribution is -2.41. The highest BCUT2D eigenvalue weighted by atomic mass is 32.2. The van der Waals surface area contributed by atoms with E-state index in [4.69, 9.17) is 4.74 Å². The normalized spacial score (nSPS) is 15.7. The number of likely N-dealkylation sites (tertiary alicyclic amines) is 1. The number of piperidine rings is 1. The van der Waals surface area contributed by atoms with Gasteiger partial charge in [0.15, 0.2) is 0 Å². The van der Waals surface area contributed by atoms with E-state index in [1.807, 2.05) is 0 Å². The summed E-state index contributed by atoms with van der Waals surface area (Å²) in [5.41, 5.74) is 0.650. The Labute approximate surface area is 162 Å². The Kier molecular flexibility index (Phi) is 6.08. The highest BCUT2D eigenvalue weighted by Gasteiger charge is 2.27. The molecule has 146 valence electrons. The molecular weight excluding hydrogens is 388 g/mol. The molecule has 0 atom stereocenters. The van der Waals surface area contributed by atoms with E-state index in [-0.39, 0.29) is 16.7 Å². The second kappa shape index (κ2) is 8.32. The van der Waals surface area contributed by atoms with Gasteiger partial charge in [-0.05, 0) is 49.3 Å². The number of aryl methyl sites for hydroxylation is 1. The summed E-state index contributed by atoms with van der Waals surface area (Å²) in [6.07, 6.45) is 1.48. The van der Waals surface area contributed by atoms with Crippen LogP contribution in [0, 0.1) is 12.8 Å². The van der Waals surface area contributed by atoms with Gasteiger partial charge in [0, 0.05) is 19.6 Å². The van der Waals surface area contributed by atoms with Gasteiger partial charge in [0.25, 0.3) is 5.91 Å². The van der Waals surface area contributed by atoms with Crippen LogP contribution in [0.3, 0.4) is 0 Å². The Morgan fingerprint density at radius 2 is 2.04 bits per heavy atom. The zero-order valence-corrected chi connectivity index (χ0v) is 16.8. The molecule has 1 amide bonds. The summed E-state index contributed by atoms with van der Waals surface area (Å²) in [7, 11) is -2.20. The summed E-state index contributed by atoms with van der Waals surface area (Å²) in [5, 5.41) is 3.88. The number of nitrogens with zero attached hydrogens (tertiary/aromatic N) is 3. The fourth-order valence-electron chi connectivity index (χ4n) is 3.06. The smallest absolute Gasteiger partial charge is 0.267 e. The molecule has 27 heavy (non-hydrogen) atoms. The average Bonchev–Trinajstić information content (AvgIpc) is 3.12. The van der Waals surface area contributed by atoms with Crippen molar-refractivity contribution in [3.8, 4) is 5.75 Å². The molecule has 1 saturated heterocycles. The minimum Gasteiger partial charge on any atom is -0.495 e. The molecule has 10 heteroatoms. The lowest BCUT2D eigenvalue weighted by Gasteiger charge is -2.31. The molecule has 0 saturated carbocycles. The van der Waals surface area contributed by atoms with E-state index in [9.17, 15) is 13.2 Å². The van der Waals surface area contributed by atoms with E-state index in [1.54, 1.807) is 30.0 Å². The molecule has 1 N–H and O–H groups in total. The van der Waals surface area contributed by atoms with Gasteiger partial charge in [-0.25, -0.2) is 13.1 Å². The predicted octanol–water partition coefficient (Wildman–Crippen LogP) is 1.69. The number of nitrogens with one attached hydrogen (secondary N) is 1. The van der Waals surface area contributed by atoms with Crippen LogP contribution in [-0.4, -0.2) is 55.6 Å². The molecular formula is C17H22N4O4S2. The highest BCUT2D eigenvalue weighted by molar-refractivity contribution is 7.89. The van der Waals surface area contributed by atoms with Crippen LogP contribution in [-0.2, 0) is 10.0 Å². The first-order chi connectivity index (χ1) is 12.9. The van der Waals surface area contributed by atoms with E-state index in [0.29, 0.717) is 36.0 Å². The van der Waals surface area contributed by atoms with Crippen LogP contribution >= 0.6 is 11.5 Å². The Morgan fingerprint density at radius 3 is 2.67 bits per heavy atom.